The van der Waals surface area contributed by atoms with Gasteiger partial charge in [-0.25, -0.2) is 0 Å². The molecule has 2 rings (SSSR count). The van der Waals surface area contributed by atoms with Gasteiger partial charge in [0.15, 0.2) is 0 Å². The summed E-state index contributed by atoms with van der Waals surface area (Å²) >= 11 is 15.5. The lowest BCUT2D eigenvalue weighted by atomic mass is 10.1. The number of carbonyl (C=O) groups is 1. The molecular formula is C16H14BrCl2NO. The van der Waals surface area contributed by atoms with Crippen LogP contribution in [-0.4, -0.2) is 17.9 Å². The molecule has 2 aromatic rings. The fourth-order valence-electron chi connectivity index (χ4n) is 2.05. The molecule has 0 bridgehead atoms. The minimum atomic E-state index is -0.158. The van der Waals surface area contributed by atoms with Crippen LogP contribution in [0.4, 0.5) is 0 Å². The van der Waals surface area contributed by atoms with E-state index in [1.165, 1.54) is 0 Å². The number of benzene rings is 2. The molecule has 0 saturated carbocycles. The summed E-state index contributed by atoms with van der Waals surface area (Å²) in [4.78, 5) is 14.2. The molecule has 21 heavy (non-hydrogen) atoms. The molecule has 1 atom stereocenters. The van der Waals surface area contributed by atoms with Crippen LogP contribution in [0.3, 0.4) is 0 Å². The van der Waals surface area contributed by atoms with Crippen LogP contribution in [0.2, 0.25) is 10.0 Å². The molecule has 0 aliphatic carbocycles. The van der Waals surface area contributed by atoms with Crippen LogP contribution >= 0.6 is 39.1 Å². The number of hydrogen-bond donors (Lipinski definition) is 0. The van der Waals surface area contributed by atoms with Gasteiger partial charge < -0.3 is 4.90 Å². The van der Waals surface area contributed by atoms with Crippen molar-refractivity contribution in [3.63, 3.8) is 0 Å². The molecule has 2 nitrogen and oxygen atoms in total. The zero-order valence-electron chi connectivity index (χ0n) is 11.6. The maximum Gasteiger partial charge on any atom is 0.255 e. The summed E-state index contributed by atoms with van der Waals surface area (Å²) in [6.45, 7) is 1.93. The molecule has 1 amide bonds. The first kappa shape index (κ1) is 16.3. The lowest BCUT2D eigenvalue weighted by Gasteiger charge is -2.26. The highest BCUT2D eigenvalue weighted by molar-refractivity contribution is 9.10. The van der Waals surface area contributed by atoms with E-state index in [1.54, 1.807) is 30.1 Å². The Hall–Kier alpha value is -1.03. The van der Waals surface area contributed by atoms with Crippen LogP contribution in [-0.2, 0) is 0 Å². The predicted molar refractivity (Wildman–Crippen MR) is 91.1 cm³/mol. The Bertz CT molecular complexity index is 675. The van der Waals surface area contributed by atoms with Crippen molar-refractivity contribution >= 4 is 45.0 Å². The summed E-state index contributed by atoms with van der Waals surface area (Å²) in [5, 5.41) is 1.14. The molecule has 2 aromatic carbocycles. The third-order valence-electron chi connectivity index (χ3n) is 3.42. The molecule has 0 aliphatic heterocycles. The Balaban J connectivity index is 2.29. The Morgan fingerprint density at radius 1 is 1.19 bits per heavy atom. The van der Waals surface area contributed by atoms with Crippen LogP contribution < -0.4 is 0 Å². The number of carbonyl (C=O) groups excluding carboxylic acids is 1. The molecule has 1 unspecified atom stereocenters. The zero-order chi connectivity index (χ0) is 15.6. The van der Waals surface area contributed by atoms with Gasteiger partial charge in [0.05, 0.1) is 11.6 Å². The van der Waals surface area contributed by atoms with Gasteiger partial charge in [0.1, 0.15) is 0 Å². The second-order valence-corrected chi connectivity index (χ2v) is 6.44. The van der Waals surface area contributed by atoms with Crippen molar-refractivity contribution in [2.24, 2.45) is 0 Å². The second kappa shape index (κ2) is 6.82. The minimum absolute atomic E-state index is 0.0685. The van der Waals surface area contributed by atoms with Crippen molar-refractivity contribution < 1.29 is 4.79 Å². The summed E-state index contributed by atoms with van der Waals surface area (Å²) in [5.41, 5.74) is 1.49. The molecule has 0 aromatic heterocycles. The molecule has 0 aliphatic rings. The first-order chi connectivity index (χ1) is 9.91. The number of amides is 1. The molecule has 110 valence electrons. The molecule has 0 radical (unpaired) electrons. The van der Waals surface area contributed by atoms with E-state index in [9.17, 15) is 4.79 Å². The number of hydrogen-bond acceptors (Lipinski definition) is 1. The summed E-state index contributed by atoms with van der Waals surface area (Å²) in [6, 6.07) is 12.5. The Morgan fingerprint density at radius 3 is 2.48 bits per heavy atom. The monoisotopic (exact) mass is 385 g/mol. The minimum Gasteiger partial charge on any atom is -0.335 e. The van der Waals surface area contributed by atoms with Crippen molar-refractivity contribution in [2.45, 2.75) is 13.0 Å². The highest BCUT2D eigenvalue weighted by Gasteiger charge is 2.22. The zero-order valence-corrected chi connectivity index (χ0v) is 14.7. The van der Waals surface area contributed by atoms with Crippen LogP contribution in [0.5, 0.6) is 0 Å². The van der Waals surface area contributed by atoms with Gasteiger partial charge in [-0.1, -0.05) is 41.4 Å². The molecule has 0 N–H and O–H groups in total. The molecule has 0 spiro atoms. The molecule has 0 fully saturated rings. The van der Waals surface area contributed by atoms with Crippen LogP contribution in [0, 0.1) is 0 Å². The van der Waals surface area contributed by atoms with Gasteiger partial charge in [-0.3, -0.25) is 4.79 Å². The average molecular weight is 387 g/mol. The fraction of sp³-hybridized carbons (Fsp3) is 0.188. The first-order valence-electron chi connectivity index (χ1n) is 6.38. The largest absolute Gasteiger partial charge is 0.335 e. The average Bonchev–Trinajstić information content (AvgIpc) is 2.45. The summed E-state index contributed by atoms with van der Waals surface area (Å²) in [7, 11) is 1.76. The van der Waals surface area contributed by atoms with Crippen LogP contribution in [0.15, 0.2) is 46.9 Å². The highest BCUT2D eigenvalue weighted by atomic mass is 79.9. The second-order valence-electron chi connectivity index (χ2n) is 4.74. The highest BCUT2D eigenvalue weighted by Crippen LogP contribution is 2.30. The van der Waals surface area contributed by atoms with Crippen LogP contribution in [0.25, 0.3) is 0 Å². The molecule has 0 heterocycles. The maximum atomic E-state index is 12.6. The van der Waals surface area contributed by atoms with Gasteiger partial charge in [-0.2, -0.15) is 0 Å². The van der Waals surface area contributed by atoms with Crippen molar-refractivity contribution in [3.05, 3.63) is 68.1 Å². The van der Waals surface area contributed by atoms with Crippen molar-refractivity contribution in [1.82, 2.24) is 4.90 Å². The van der Waals surface area contributed by atoms with E-state index < -0.39 is 0 Å². The normalized spacial score (nSPS) is 12.0. The van der Waals surface area contributed by atoms with Crippen molar-refractivity contribution in [3.8, 4) is 0 Å². The van der Waals surface area contributed by atoms with Gasteiger partial charge >= 0.3 is 0 Å². The van der Waals surface area contributed by atoms with Gasteiger partial charge in [0.2, 0.25) is 0 Å². The molecular weight excluding hydrogens is 373 g/mol. The van der Waals surface area contributed by atoms with Crippen molar-refractivity contribution in [1.29, 1.82) is 0 Å². The summed E-state index contributed by atoms with van der Waals surface area (Å²) in [5.74, 6) is -0.0685. The van der Waals surface area contributed by atoms with Gasteiger partial charge in [0.25, 0.3) is 5.91 Å². The van der Waals surface area contributed by atoms with Gasteiger partial charge in [-0.15, -0.1) is 0 Å². The van der Waals surface area contributed by atoms with E-state index in [4.69, 9.17) is 23.2 Å². The van der Waals surface area contributed by atoms with Gasteiger partial charge in [-0.05, 0) is 52.7 Å². The van der Waals surface area contributed by atoms with E-state index in [-0.39, 0.29) is 11.9 Å². The lowest BCUT2D eigenvalue weighted by molar-refractivity contribution is 0.0742. The van der Waals surface area contributed by atoms with E-state index >= 15 is 0 Å². The fourth-order valence-corrected chi connectivity index (χ4v) is 3.07. The van der Waals surface area contributed by atoms with E-state index in [1.807, 2.05) is 31.2 Å². The Labute approximate surface area is 142 Å². The quantitative estimate of drug-likeness (QED) is 0.673. The first-order valence-corrected chi connectivity index (χ1v) is 7.93. The Morgan fingerprint density at radius 2 is 1.86 bits per heavy atom. The number of nitrogens with zero attached hydrogens (tertiary/aromatic N) is 1. The van der Waals surface area contributed by atoms with Crippen molar-refractivity contribution in [2.75, 3.05) is 7.05 Å². The molecule has 0 saturated heterocycles. The van der Waals surface area contributed by atoms with Gasteiger partial charge in [0, 0.05) is 21.6 Å². The predicted octanol–water partition coefficient (Wildman–Crippen LogP) is 5.59. The third-order valence-corrected chi connectivity index (χ3v) is 4.67. The maximum absolute atomic E-state index is 12.6. The lowest BCUT2D eigenvalue weighted by Crippen LogP contribution is -2.30. The van der Waals surface area contributed by atoms with E-state index in [0.717, 1.165) is 10.0 Å². The topological polar surface area (TPSA) is 20.3 Å². The Kier molecular flexibility index (Phi) is 5.31. The number of halogens is 3. The smallest absolute Gasteiger partial charge is 0.255 e. The van der Waals surface area contributed by atoms with E-state index in [0.29, 0.717) is 15.6 Å². The standard InChI is InChI=1S/C16H14BrCl2NO/c1-10(12-8-7-11(18)9-15(12)19)20(2)16(21)13-5-3-4-6-14(13)17/h3-10H,1-2H3. The van der Waals surface area contributed by atoms with Crippen LogP contribution in [0.1, 0.15) is 28.9 Å². The number of rotatable bonds is 3. The van der Waals surface area contributed by atoms with E-state index in [2.05, 4.69) is 15.9 Å². The molecule has 5 heteroatoms. The summed E-state index contributed by atoms with van der Waals surface area (Å²) < 4.78 is 0.774. The SMILES string of the molecule is CC(c1ccc(Cl)cc1Cl)N(C)C(=O)c1ccccc1Br. The summed E-state index contributed by atoms with van der Waals surface area (Å²) in [6.07, 6.45) is 0. The third kappa shape index (κ3) is 3.60.